The van der Waals surface area contributed by atoms with Gasteiger partial charge in [0.2, 0.25) is 5.91 Å². The summed E-state index contributed by atoms with van der Waals surface area (Å²) in [7, 11) is 0. The maximum Gasteiger partial charge on any atom is 0.311 e. The fourth-order valence-electron chi connectivity index (χ4n) is 3.79. The van der Waals surface area contributed by atoms with Crippen molar-refractivity contribution in [2.24, 2.45) is 0 Å². The van der Waals surface area contributed by atoms with Crippen LogP contribution in [0.4, 0.5) is 11.4 Å². The zero-order valence-electron chi connectivity index (χ0n) is 17.3. The summed E-state index contributed by atoms with van der Waals surface area (Å²) in [6, 6.07) is 4.03. The highest BCUT2D eigenvalue weighted by Gasteiger charge is 2.27. The van der Waals surface area contributed by atoms with E-state index in [0.717, 1.165) is 36.8 Å². The number of hydrogen-bond acceptors (Lipinski definition) is 5. The summed E-state index contributed by atoms with van der Waals surface area (Å²) in [4.78, 5) is 39.0. The minimum Gasteiger partial charge on any atom is -0.466 e. The standard InChI is InChI=1S/C22H29N3O4/c1-4-29-22(28)12-17-11-21(27)25(13-20(26)24-16-7-5-6-8-16)19-10-15(3)14(2)9-18(19)23-17/h9-11,16,23H,4-8,12-13H2,1-3H3,(H,24,26). The van der Waals surface area contributed by atoms with E-state index < -0.39 is 5.97 Å². The fourth-order valence-corrected chi connectivity index (χ4v) is 3.79. The Kier molecular flexibility index (Phi) is 6.56. The molecule has 2 aliphatic rings. The summed E-state index contributed by atoms with van der Waals surface area (Å²) in [5, 5.41) is 6.23. The maximum atomic E-state index is 13.0. The number of anilines is 2. The van der Waals surface area contributed by atoms with Gasteiger partial charge in [0, 0.05) is 17.8 Å². The van der Waals surface area contributed by atoms with E-state index in [1.165, 1.54) is 11.0 Å². The van der Waals surface area contributed by atoms with Crippen LogP contribution in [0.1, 0.15) is 50.2 Å². The molecule has 1 aliphatic carbocycles. The Morgan fingerprint density at radius 2 is 1.90 bits per heavy atom. The first-order chi connectivity index (χ1) is 13.9. The highest BCUT2D eigenvalue weighted by Crippen LogP contribution is 2.33. The number of amides is 2. The van der Waals surface area contributed by atoms with Crippen LogP contribution >= 0.6 is 0 Å². The Labute approximate surface area is 171 Å². The molecule has 3 rings (SSSR count). The molecule has 0 unspecified atom stereocenters. The van der Waals surface area contributed by atoms with Crippen LogP contribution in [0, 0.1) is 13.8 Å². The van der Waals surface area contributed by atoms with E-state index >= 15 is 0 Å². The molecular formula is C22H29N3O4. The zero-order chi connectivity index (χ0) is 21.0. The van der Waals surface area contributed by atoms with E-state index in [-0.39, 0.29) is 37.4 Å². The van der Waals surface area contributed by atoms with Gasteiger partial charge in [0.1, 0.15) is 6.54 Å². The Morgan fingerprint density at radius 3 is 2.59 bits per heavy atom. The smallest absolute Gasteiger partial charge is 0.311 e. The molecule has 0 spiro atoms. The van der Waals surface area contributed by atoms with Crippen LogP contribution < -0.4 is 15.5 Å². The first kappa shape index (κ1) is 20.9. The average Bonchev–Trinajstić information content (AvgIpc) is 3.11. The molecule has 0 bridgehead atoms. The second kappa shape index (κ2) is 9.11. The van der Waals surface area contributed by atoms with E-state index in [0.29, 0.717) is 17.1 Å². The van der Waals surface area contributed by atoms with Gasteiger partial charge in [-0.2, -0.15) is 0 Å². The average molecular weight is 399 g/mol. The molecular weight excluding hydrogens is 370 g/mol. The molecule has 7 heteroatoms. The van der Waals surface area contributed by atoms with Crippen molar-refractivity contribution in [1.29, 1.82) is 0 Å². The molecule has 1 heterocycles. The van der Waals surface area contributed by atoms with Gasteiger partial charge in [-0.1, -0.05) is 12.8 Å². The lowest BCUT2D eigenvalue weighted by Crippen LogP contribution is -2.43. The highest BCUT2D eigenvalue weighted by molar-refractivity contribution is 6.09. The molecule has 0 radical (unpaired) electrons. The minimum atomic E-state index is -0.406. The van der Waals surface area contributed by atoms with Crippen LogP contribution in [0.2, 0.25) is 0 Å². The number of hydrogen-bond donors (Lipinski definition) is 2. The minimum absolute atomic E-state index is 0.0337. The van der Waals surface area contributed by atoms with Crippen LogP contribution in [0.5, 0.6) is 0 Å². The van der Waals surface area contributed by atoms with Gasteiger partial charge in [-0.3, -0.25) is 19.3 Å². The van der Waals surface area contributed by atoms with Crippen molar-refractivity contribution >= 4 is 29.2 Å². The number of nitrogens with one attached hydrogen (secondary N) is 2. The number of aryl methyl sites for hydroxylation is 2. The second-order valence-corrected chi connectivity index (χ2v) is 7.70. The molecule has 0 saturated heterocycles. The van der Waals surface area contributed by atoms with Gasteiger partial charge in [-0.25, -0.2) is 0 Å². The first-order valence-electron chi connectivity index (χ1n) is 10.2. The van der Waals surface area contributed by atoms with E-state index in [1.54, 1.807) is 6.92 Å². The SMILES string of the molecule is CCOC(=O)CC1=CC(=O)N(CC(=O)NC2CCCC2)c2cc(C)c(C)cc2N1. The van der Waals surface area contributed by atoms with Crippen LogP contribution in [-0.2, 0) is 19.1 Å². The van der Waals surface area contributed by atoms with E-state index in [2.05, 4.69) is 10.6 Å². The monoisotopic (exact) mass is 399 g/mol. The number of benzene rings is 1. The van der Waals surface area contributed by atoms with Crippen molar-refractivity contribution in [1.82, 2.24) is 5.32 Å². The van der Waals surface area contributed by atoms with Gasteiger partial charge < -0.3 is 15.4 Å². The topological polar surface area (TPSA) is 87.7 Å². The predicted molar refractivity (Wildman–Crippen MR) is 112 cm³/mol. The lowest BCUT2D eigenvalue weighted by molar-refractivity contribution is -0.142. The summed E-state index contributed by atoms with van der Waals surface area (Å²) >= 11 is 0. The van der Waals surface area contributed by atoms with E-state index in [9.17, 15) is 14.4 Å². The Hall–Kier alpha value is -2.83. The van der Waals surface area contributed by atoms with Crippen LogP contribution in [0.15, 0.2) is 23.9 Å². The molecule has 1 aromatic carbocycles. The molecule has 156 valence electrons. The number of esters is 1. The van der Waals surface area contributed by atoms with Crippen LogP contribution in [0.3, 0.4) is 0 Å². The fraction of sp³-hybridized carbons (Fsp3) is 0.500. The Balaban J connectivity index is 1.86. The first-order valence-corrected chi connectivity index (χ1v) is 10.2. The predicted octanol–water partition coefficient (Wildman–Crippen LogP) is 2.96. The largest absolute Gasteiger partial charge is 0.466 e. The van der Waals surface area contributed by atoms with Crippen LogP contribution in [0.25, 0.3) is 0 Å². The van der Waals surface area contributed by atoms with Crippen molar-refractivity contribution in [3.05, 3.63) is 35.0 Å². The summed E-state index contributed by atoms with van der Waals surface area (Å²) in [5.74, 6) is -0.908. The van der Waals surface area contributed by atoms with Crippen LogP contribution in [-0.4, -0.2) is 37.0 Å². The van der Waals surface area contributed by atoms with Gasteiger partial charge in [-0.15, -0.1) is 0 Å². The Morgan fingerprint density at radius 1 is 1.21 bits per heavy atom. The number of carbonyl (C=O) groups excluding carboxylic acids is 3. The third-order valence-electron chi connectivity index (χ3n) is 5.42. The quantitative estimate of drug-likeness (QED) is 0.718. The third kappa shape index (κ3) is 5.16. The molecule has 2 N–H and O–H groups in total. The number of ether oxygens (including phenoxy) is 1. The van der Waals surface area contributed by atoms with Gasteiger partial charge in [0.25, 0.3) is 5.91 Å². The van der Waals surface area contributed by atoms with E-state index in [1.807, 2.05) is 26.0 Å². The molecule has 1 aromatic rings. The van der Waals surface area contributed by atoms with Crippen molar-refractivity contribution in [2.45, 2.75) is 58.9 Å². The lowest BCUT2D eigenvalue weighted by Gasteiger charge is -2.24. The summed E-state index contributed by atoms with van der Waals surface area (Å²) in [6.07, 6.45) is 5.56. The molecule has 7 nitrogen and oxygen atoms in total. The number of carbonyl (C=O) groups is 3. The number of fused-ring (bicyclic) bond motifs is 1. The molecule has 1 saturated carbocycles. The summed E-state index contributed by atoms with van der Waals surface area (Å²) in [5.41, 5.74) is 3.86. The lowest BCUT2D eigenvalue weighted by atomic mass is 10.1. The van der Waals surface area contributed by atoms with Gasteiger partial charge >= 0.3 is 5.97 Å². The summed E-state index contributed by atoms with van der Waals surface area (Å²) in [6.45, 7) is 5.91. The van der Waals surface area contributed by atoms with Crippen molar-refractivity contribution in [3.63, 3.8) is 0 Å². The Bertz CT molecular complexity index is 841. The zero-order valence-corrected chi connectivity index (χ0v) is 17.3. The van der Waals surface area contributed by atoms with E-state index in [4.69, 9.17) is 4.74 Å². The summed E-state index contributed by atoms with van der Waals surface area (Å²) < 4.78 is 5.01. The maximum absolute atomic E-state index is 13.0. The number of rotatable bonds is 6. The van der Waals surface area contributed by atoms with Gasteiger partial charge in [0.15, 0.2) is 0 Å². The molecule has 1 aliphatic heterocycles. The molecule has 29 heavy (non-hydrogen) atoms. The third-order valence-corrected chi connectivity index (χ3v) is 5.42. The number of nitrogens with zero attached hydrogens (tertiary/aromatic N) is 1. The van der Waals surface area contributed by atoms with Gasteiger partial charge in [0.05, 0.1) is 24.4 Å². The van der Waals surface area contributed by atoms with Gasteiger partial charge in [-0.05, 0) is 56.9 Å². The molecule has 1 fully saturated rings. The highest BCUT2D eigenvalue weighted by atomic mass is 16.5. The van der Waals surface area contributed by atoms with Crippen molar-refractivity contribution in [3.8, 4) is 0 Å². The molecule has 0 aromatic heterocycles. The van der Waals surface area contributed by atoms with Crippen molar-refractivity contribution in [2.75, 3.05) is 23.4 Å². The normalized spacial score (nSPS) is 16.6. The second-order valence-electron chi connectivity index (χ2n) is 7.70. The molecule has 2 amide bonds. The molecule has 0 atom stereocenters. The van der Waals surface area contributed by atoms with Crippen molar-refractivity contribution < 1.29 is 19.1 Å².